The Labute approximate surface area is 116 Å². The van der Waals surface area contributed by atoms with Gasteiger partial charge in [0.15, 0.2) is 0 Å². The summed E-state index contributed by atoms with van der Waals surface area (Å²) in [4.78, 5) is 12.2. The molecule has 0 saturated carbocycles. The average molecular weight is 279 g/mol. The number of halogens is 1. The number of amides is 1. The highest BCUT2D eigenvalue weighted by Gasteiger charge is 2.12. The minimum Gasteiger partial charge on any atom is -0.392 e. The molecule has 2 N–H and O–H groups in total. The van der Waals surface area contributed by atoms with E-state index in [1.807, 2.05) is 6.92 Å². The Morgan fingerprint density at radius 2 is 2.21 bits per heavy atom. The van der Waals surface area contributed by atoms with Crippen molar-refractivity contribution in [1.82, 2.24) is 4.57 Å². The van der Waals surface area contributed by atoms with Crippen molar-refractivity contribution < 1.29 is 9.90 Å². The number of carbonyl (C=O) groups excluding carboxylic acids is 1. The number of anilines is 1. The highest BCUT2D eigenvalue weighted by atomic mass is 35.5. The summed E-state index contributed by atoms with van der Waals surface area (Å²) >= 11 is 5.91. The van der Waals surface area contributed by atoms with Crippen LogP contribution in [0, 0.1) is 0 Å². The van der Waals surface area contributed by atoms with Gasteiger partial charge in [-0.15, -0.1) is 0 Å². The van der Waals surface area contributed by atoms with Crippen LogP contribution in [0.5, 0.6) is 0 Å². The van der Waals surface area contributed by atoms with Crippen LogP contribution in [-0.2, 0) is 13.2 Å². The highest BCUT2D eigenvalue weighted by molar-refractivity contribution is 6.31. The molecular weight excluding hydrogens is 264 g/mol. The number of aryl methyl sites for hydroxylation is 1. The van der Waals surface area contributed by atoms with Crippen LogP contribution in [0.3, 0.4) is 0 Å². The van der Waals surface area contributed by atoms with E-state index >= 15 is 0 Å². The zero-order valence-corrected chi connectivity index (χ0v) is 11.3. The third kappa shape index (κ3) is 3.16. The zero-order valence-electron chi connectivity index (χ0n) is 10.6. The van der Waals surface area contributed by atoms with Crippen molar-refractivity contribution in [1.29, 1.82) is 0 Å². The van der Waals surface area contributed by atoms with Crippen LogP contribution in [0.1, 0.15) is 23.0 Å². The van der Waals surface area contributed by atoms with E-state index in [9.17, 15) is 4.79 Å². The Balaban J connectivity index is 2.20. The predicted molar refractivity (Wildman–Crippen MR) is 75.4 cm³/mol. The van der Waals surface area contributed by atoms with Gasteiger partial charge in [0, 0.05) is 18.4 Å². The minimum absolute atomic E-state index is 0.0547. The van der Waals surface area contributed by atoms with Gasteiger partial charge in [-0.1, -0.05) is 23.7 Å². The molecule has 1 heterocycles. The largest absolute Gasteiger partial charge is 0.392 e. The third-order valence-corrected chi connectivity index (χ3v) is 3.01. The summed E-state index contributed by atoms with van der Waals surface area (Å²) < 4.78 is 1.79. The average Bonchev–Trinajstić information content (AvgIpc) is 2.80. The quantitative estimate of drug-likeness (QED) is 0.903. The summed E-state index contributed by atoms with van der Waals surface area (Å²) in [6, 6.07) is 8.72. The molecular formula is C14H15ClN2O2. The molecule has 1 aromatic heterocycles. The third-order valence-electron chi connectivity index (χ3n) is 2.80. The molecule has 0 atom stereocenters. The monoisotopic (exact) mass is 278 g/mol. The van der Waals surface area contributed by atoms with Gasteiger partial charge in [-0.2, -0.15) is 0 Å². The molecule has 0 aliphatic rings. The van der Waals surface area contributed by atoms with Gasteiger partial charge in [-0.05, 0) is 30.7 Å². The summed E-state index contributed by atoms with van der Waals surface area (Å²) in [5.41, 5.74) is 1.92. The van der Waals surface area contributed by atoms with Gasteiger partial charge < -0.3 is 15.0 Å². The molecule has 5 heteroatoms. The van der Waals surface area contributed by atoms with Crippen LogP contribution >= 0.6 is 11.6 Å². The molecule has 0 spiro atoms. The molecule has 0 radical (unpaired) electrons. The molecule has 2 rings (SSSR count). The number of aliphatic hydroxyl groups is 1. The van der Waals surface area contributed by atoms with Crippen molar-refractivity contribution in [3.63, 3.8) is 0 Å². The van der Waals surface area contributed by atoms with Crippen molar-refractivity contribution >= 4 is 23.2 Å². The number of benzene rings is 1. The lowest BCUT2D eigenvalue weighted by Gasteiger charge is -2.08. The fraction of sp³-hybridized carbons (Fsp3) is 0.214. The van der Waals surface area contributed by atoms with Gasteiger partial charge in [-0.25, -0.2) is 0 Å². The van der Waals surface area contributed by atoms with Crippen LogP contribution < -0.4 is 5.32 Å². The van der Waals surface area contributed by atoms with Gasteiger partial charge in [0.2, 0.25) is 0 Å². The second-order valence-corrected chi connectivity index (χ2v) is 4.58. The molecule has 0 aliphatic carbocycles. The second kappa shape index (κ2) is 5.91. The van der Waals surface area contributed by atoms with Gasteiger partial charge in [0.25, 0.3) is 5.91 Å². The lowest BCUT2D eigenvalue weighted by atomic mass is 10.2. The van der Waals surface area contributed by atoms with Crippen molar-refractivity contribution in [3.05, 3.63) is 52.8 Å². The van der Waals surface area contributed by atoms with Crippen LogP contribution in [0.15, 0.2) is 36.5 Å². The number of hydrogen-bond donors (Lipinski definition) is 2. The minimum atomic E-state index is -0.219. The lowest BCUT2D eigenvalue weighted by molar-refractivity contribution is 0.101. The summed E-state index contributed by atoms with van der Waals surface area (Å²) in [5.74, 6) is -0.219. The summed E-state index contributed by atoms with van der Waals surface area (Å²) in [6.07, 6.45) is 1.72. The van der Waals surface area contributed by atoms with Gasteiger partial charge in [-0.3, -0.25) is 4.79 Å². The Bertz CT molecular complexity index is 593. The molecule has 4 nitrogen and oxygen atoms in total. The predicted octanol–water partition coefficient (Wildman–Crippen LogP) is 2.91. The molecule has 0 unspecified atom stereocenters. The SMILES string of the molecule is CCn1cc(Cl)cc1C(=O)Nc1cccc(CO)c1. The first-order chi connectivity index (χ1) is 9.13. The first-order valence-electron chi connectivity index (χ1n) is 6.01. The molecule has 0 fully saturated rings. The summed E-state index contributed by atoms with van der Waals surface area (Å²) in [5, 5.41) is 12.4. The first-order valence-corrected chi connectivity index (χ1v) is 6.38. The van der Waals surface area contributed by atoms with Crippen LogP contribution in [0.4, 0.5) is 5.69 Å². The topological polar surface area (TPSA) is 54.3 Å². The molecule has 1 aromatic carbocycles. The number of nitrogens with one attached hydrogen (secondary N) is 1. The molecule has 0 saturated heterocycles. The Hall–Kier alpha value is -1.78. The van der Waals surface area contributed by atoms with Crippen molar-refractivity contribution in [2.24, 2.45) is 0 Å². The normalized spacial score (nSPS) is 10.5. The van der Waals surface area contributed by atoms with Crippen molar-refractivity contribution in [2.75, 3.05) is 5.32 Å². The highest BCUT2D eigenvalue weighted by Crippen LogP contribution is 2.17. The van der Waals surface area contributed by atoms with E-state index in [-0.39, 0.29) is 12.5 Å². The second-order valence-electron chi connectivity index (χ2n) is 4.14. The maximum absolute atomic E-state index is 12.2. The fourth-order valence-electron chi connectivity index (χ4n) is 1.87. The molecule has 1 amide bonds. The van der Waals surface area contributed by atoms with E-state index in [1.54, 1.807) is 41.1 Å². The van der Waals surface area contributed by atoms with Gasteiger partial charge >= 0.3 is 0 Å². The van der Waals surface area contributed by atoms with E-state index in [0.29, 0.717) is 22.9 Å². The number of carbonyl (C=O) groups is 1. The Kier molecular flexibility index (Phi) is 4.24. The van der Waals surface area contributed by atoms with E-state index in [2.05, 4.69) is 5.32 Å². The maximum atomic E-state index is 12.2. The number of aromatic nitrogens is 1. The number of nitrogens with zero attached hydrogens (tertiary/aromatic N) is 1. The summed E-state index contributed by atoms with van der Waals surface area (Å²) in [6.45, 7) is 2.56. The van der Waals surface area contributed by atoms with Crippen molar-refractivity contribution in [3.8, 4) is 0 Å². The van der Waals surface area contributed by atoms with E-state index < -0.39 is 0 Å². The maximum Gasteiger partial charge on any atom is 0.272 e. The standard InChI is InChI=1S/C14H15ClN2O2/c1-2-17-8-11(15)7-13(17)14(19)16-12-5-3-4-10(6-12)9-18/h3-8,18H,2,9H2,1H3,(H,16,19). The smallest absolute Gasteiger partial charge is 0.272 e. The van der Waals surface area contributed by atoms with Gasteiger partial charge in [0.05, 0.1) is 11.6 Å². The van der Waals surface area contributed by atoms with E-state index in [1.165, 1.54) is 0 Å². The van der Waals surface area contributed by atoms with E-state index in [4.69, 9.17) is 16.7 Å². The zero-order chi connectivity index (χ0) is 13.8. The molecule has 0 aliphatic heterocycles. The van der Waals surface area contributed by atoms with Crippen LogP contribution in [-0.4, -0.2) is 15.6 Å². The fourth-order valence-corrected chi connectivity index (χ4v) is 2.09. The van der Waals surface area contributed by atoms with Crippen LogP contribution in [0.2, 0.25) is 5.02 Å². The summed E-state index contributed by atoms with van der Waals surface area (Å²) in [7, 11) is 0. The molecule has 19 heavy (non-hydrogen) atoms. The van der Waals surface area contributed by atoms with E-state index in [0.717, 1.165) is 5.56 Å². The Morgan fingerprint density at radius 3 is 2.89 bits per heavy atom. The van der Waals surface area contributed by atoms with Gasteiger partial charge in [0.1, 0.15) is 5.69 Å². The molecule has 0 bridgehead atoms. The Morgan fingerprint density at radius 1 is 1.42 bits per heavy atom. The number of aliphatic hydroxyl groups excluding tert-OH is 1. The van der Waals surface area contributed by atoms with Crippen LogP contribution in [0.25, 0.3) is 0 Å². The first kappa shape index (κ1) is 13.6. The van der Waals surface area contributed by atoms with Crippen molar-refractivity contribution in [2.45, 2.75) is 20.1 Å². The number of hydrogen-bond acceptors (Lipinski definition) is 2. The number of rotatable bonds is 4. The molecule has 2 aromatic rings. The molecule has 100 valence electrons. The lowest BCUT2D eigenvalue weighted by Crippen LogP contribution is -2.16.